The Kier molecular flexibility index (Phi) is 5.22. The minimum atomic E-state index is -0.227. The molecule has 1 aromatic heterocycles. The molecule has 0 bridgehead atoms. The maximum absolute atomic E-state index is 12.5. The molecule has 6 heteroatoms. The summed E-state index contributed by atoms with van der Waals surface area (Å²) in [5, 5.41) is 6.11. The van der Waals surface area contributed by atoms with E-state index in [0.717, 1.165) is 23.5 Å². The van der Waals surface area contributed by atoms with Crippen LogP contribution in [0, 0.1) is 6.92 Å². The van der Waals surface area contributed by atoms with Gasteiger partial charge in [0.05, 0.1) is 24.8 Å². The molecule has 1 N–H and O–H groups in total. The zero-order valence-corrected chi connectivity index (χ0v) is 14.1. The number of aromatic nitrogens is 1. The Hall–Kier alpha value is -1.14. The predicted octanol–water partition coefficient (Wildman–Crippen LogP) is 3.11. The number of hydrogen-bond acceptors (Lipinski definition) is 4. The van der Waals surface area contributed by atoms with Gasteiger partial charge in [0.2, 0.25) is 0 Å². The molecule has 1 aliphatic heterocycles. The number of carbonyl (C=O) groups excluding carboxylic acids is 1. The van der Waals surface area contributed by atoms with Crippen molar-refractivity contribution in [1.82, 2.24) is 15.2 Å². The van der Waals surface area contributed by atoms with Crippen molar-refractivity contribution in [2.45, 2.75) is 52.2 Å². The van der Waals surface area contributed by atoms with Gasteiger partial charge in [-0.1, -0.05) is 13.8 Å². The second-order valence-corrected chi connectivity index (χ2v) is 6.70. The van der Waals surface area contributed by atoms with Crippen LogP contribution in [-0.2, 0) is 4.74 Å². The summed E-state index contributed by atoms with van der Waals surface area (Å²) < 4.78 is 5.78. The Morgan fingerprint density at radius 3 is 2.95 bits per heavy atom. The maximum Gasteiger partial charge on any atom is 0.318 e. The van der Waals surface area contributed by atoms with Crippen molar-refractivity contribution in [3.63, 3.8) is 0 Å². The zero-order chi connectivity index (χ0) is 15.5. The summed E-state index contributed by atoms with van der Waals surface area (Å²) in [7, 11) is 0. The number of ether oxygens (including phenoxy) is 1. The van der Waals surface area contributed by atoms with Crippen molar-refractivity contribution in [3.8, 4) is 0 Å². The summed E-state index contributed by atoms with van der Waals surface area (Å²) in [6.45, 7) is 10.1. The van der Waals surface area contributed by atoms with Crippen molar-refractivity contribution in [2.24, 2.45) is 0 Å². The Balaban J connectivity index is 1.99. The summed E-state index contributed by atoms with van der Waals surface area (Å²) in [6.07, 6.45) is 1.74. The second-order valence-electron chi connectivity index (χ2n) is 5.81. The average Bonchev–Trinajstić information content (AvgIpc) is 2.91. The van der Waals surface area contributed by atoms with Gasteiger partial charge in [0.1, 0.15) is 5.01 Å². The molecule has 0 saturated carbocycles. The molecule has 1 fully saturated rings. The van der Waals surface area contributed by atoms with Gasteiger partial charge in [-0.05, 0) is 26.7 Å². The molecule has 118 valence electrons. The van der Waals surface area contributed by atoms with Gasteiger partial charge in [0.25, 0.3) is 0 Å². The minimum Gasteiger partial charge on any atom is -0.372 e. The number of urea groups is 1. The molecule has 1 aromatic rings. The Morgan fingerprint density at radius 2 is 2.38 bits per heavy atom. The molecule has 1 saturated heterocycles. The normalized spacial score (nSPS) is 23.9. The first-order valence-electron chi connectivity index (χ1n) is 7.59. The van der Waals surface area contributed by atoms with E-state index >= 15 is 0 Å². The van der Waals surface area contributed by atoms with E-state index in [-0.39, 0.29) is 17.7 Å². The number of aryl methyl sites for hydroxylation is 1. The average molecular weight is 311 g/mol. The predicted molar refractivity (Wildman–Crippen MR) is 84.6 cm³/mol. The first kappa shape index (κ1) is 16.2. The number of rotatable bonds is 4. The van der Waals surface area contributed by atoms with Crippen molar-refractivity contribution in [3.05, 3.63) is 16.1 Å². The molecule has 2 amide bonds. The molecule has 21 heavy (non-hydrogen) atoms. The molecule has 0 radical (unpaired) electrons. The number of amides is 2. The molecule has 2 heterocycles. The zero-order valence-electron chi connectivity index (χ0n) is 13.3. The molecule has 0 unspecified atom stereocenters. The molecule has 5 nitrogen and oxygen atoms in total. The first-order valence-corrected chi connectivity index (χ1v) is 8.47. The van der Waals surface area contributed by atoms with Crippen LogP contribution in [0.3, 0.4) is 0 Å². The van der Waals surface area contributed by atoms with Crippen molar-refractivity contribution < 1.29 is 9.53 Å². The fourth-order valence-electron chi connectivity index (χ4n) is 2.43. The summed E-state index contributed by atoms with van der Waals surface area (Å²) in [5.74, 6) is 0. The molecular formula is C15H25N3O2S. The quantitative estimate of drug-likeness (QED) is 0.929. The van der Waals surface area contributed by atoms with E-state index in [1.54, 1.807) is 11.3 Å². The van der Waals surface area contributed by atoms with Crippen LogP contribution in [0.4, 0.5) is 4.79 Å². The molecule has 0 aliphatic carbocycles. The molecule has 0 spiro atoms. The topological polar surface area (TPSA) is 54.5 Å². The lowest BCUT2D eigenvalue weighted by Gasteiger charge is -2.40. The third-order valence-corrected chi connectivity index (χ3v) is 5.09. The standard InChI is InChI=1S/C15H25N3O2S/c1-5-12(13-16-11(3)9-21-13)17-14(19)18-7-8-20-15(4,6-2)10-18/h9,12H,5-8,10H2,1-4H3,(H,17,19)/t12-,15-/m1/s1. The van der Waals surface area contributed by atoms with E-state index in [1.807, 2.05) is 17.2 Å². The van der Waals surface area contributed by atoms with E-state index in [1.165, 1.54) is 0 Å². The summed E-state index contributed by atoms with van der Waals surface area (Å²) >= 11 is 1.61. The SMILES string of the molecule is CC[C@@H](NC(=O)N1CCO[C@](C)(CC)C1)c1nc(C)cs1. The van der Waals surface area contributed by atoms with Crippen LogP contribution >= 0.6 is 11.3 Å². The fraction of sp³-hybridized carbons (Fsp3) is 0.733. The van der Waals surface area contributed by atoms with Gasteiger partial charge in [0.15, 0.2) is 0 Å². The number of nitrogens with one attached hydrogen (secondary N) is 1. The van der Waals surface area contributed by atoms with Crippen LogP contribution in [0.25, 0.3) is 0 Å². The van der Waals surface area contributed by atoms with Crippen molar-refractivity contribution in [1.29, 1.82) is 0 Å². The number of carbonyl (C=O) groups is 1. The lowest BCUT2D eigenvalue weighted by Crippen LogP contribution is -2.54. The Morgan fingerprint density at radius 1 is 1.62 bits per heavy atom. The number of morpholine rings is 1. The van der Waals surface area contributed by atoms with Crippen LogP contribution in [0.2, 0.25) is 0 Å². The van der Waals surface area contributed by atoms with Crippen LogP contribution in [-0.4, -0.2) is 41.2 Å². The highest BCUT2D eigenvalue weighted by molar-refractivity contribution is 7.09. The highest BCUT2D eigenvalue weighted by Crippen LogP contribution is 2.23. The third kappa shape index (κ3) is 3.95. The van der Waals surface area contributed by atoms with Gasteiger partial charge in [-0.2, -0.15) is 0 Å². The number of nitrogens with zero attached hydrogens (tertiary/aromatic N) is 2. The van der Waals surface area contributed by atoms with Crippen molar-refractivity contribution >= 4 is 17.4 Å². The monoisotopic (exact) mass is 311 g/mol. The van der Waals surface area contributed by atoms with E-state index in [9.17, 15) is 4.79 Å². The largest absolute Gasteiger partial charge is 0.372 e. The van der Waals surface area contributed by atoms with Gasteiger partial charge in [-0.3, -0.25) is 0 Å². The van der Waals surface area contributed by atoms with Crippen LogP contribution in [0.5, 0.6) is 0 Å². The molecule has 2 rings (SSSR count). The van der Waals surface area contributed by atoms with Crippen LogP contribution in [0.1, 0.15) is 50.4 Å². The van der Waals surface area contributed by atoms with Gasteiger partial charge in [0, 0.05) is 17.6 Å². The van der Waals surface area contributed by atoms with Crippen LogP contribution in [0.15, 0.2) is 5.38 Å². The second kappa shape index (κ2) is 6.75. The lowest BCUT2D eigenvalue weighted by molar-refractivity contribution is -0.0874. The molecular weight excluding hydrogens is 286 g/mol. The molecule has 0 aromatic carbocycles. The smallest absolute Gasteiger partial charge is 0.318 e. The summed E-state index contributed by atoms with van der Waals surface area (Å²) in [4.78, 5) is 18.8. The number of thiazole rings is 1. The van der Waals surface area contributed by atoms with E-state index < -0.39 is 0 Å². The molecule has 1 aliphatic rings. The summed E-state index contributed by atoms with van der Waals surface area (Å²) in [5.41, 5.74) is 0.780. The number of hydrogen-bond donors (Lipinski definition) is 1. The van der Waals surface area contributed by atoms with Gasteiger partial charge >= 0.3 is 6.03 Å². The van der Waals surface area contributed by atoms with Gasteiger partial charge < -0.3 is 15.0 Å². The minimum absolute atomic E-state index is 0.00747. The van der Waals surface area contributed by atoms with E-state index in [4.69, 9.17) is 4.74 Å². The van der Waals surface area contributed by atoms with E-state index in [2.05, 4.69) is 31.1 Å². The Bertz CT molecular complexity index is 491. The van der Waals surface area contributed by atoms with E-state index in [0.29, 0.717) is 19.7 Å². The maximum atomic E-state index is 12.5. The third-order valence-electron chi connectivity index (χ3n) is 4.01. The molecule has 2 atom stereocenters. The fourth-order valence-corrected chi connectivity index (χ4v) is 3.36. The summed E-state index contributed by atoms with van der Waals surface area (Å²) in [6, 6.07) is -0.0235. The highest BCUT2D eigenvalue weighted by atomic mass is 32.1. The van der Waals surface area contributed by atoms with Gasteiger partial charge in [-0.25, -0.2) is 9.78 Å². The van der Waals surface area contributed by atoms with Gasteiger partial charge in [-0.15, -0.1) is 11.3 Å². The van der Waals surface area contributed by atoms with Crippen molar-refractivity contribution in [2.75, 3.05) is 19.7 Å². The lowest BCUT2D eigenvalue weighted by atomic mass is 10.0. The van der Waals surface area contributed by atoms with Crippen LogP contribution < -0.4 is 5.32 Å². The first-order chi connectivity index (χ1) is 9.97. The highest BCUT2D eigenvalue weighted by Gasteiger charge is 2.33. The Labute approximate surface area is 130 Å².